The van der Waals surface area contributed by atoms with Gasteiger partial charge >= 0.3 is 0 Å². The fraction of sp³-hybridized carbons (Fsp3) is 0.192. The first kappa shape index (κ1) is 25.1. The molecule has 0 saturated carbocycles. The van der Waals surface area contributed by atoms with Crippen LogP contribution in [0.2, 0.25) is 0 Å². The largest absolute Gasteiger partial charge is 0.493 e. The van der Waals surface area contributed by atoms with Crippen LogP contribution in [0.5, 0.6) is 11.5 Å². The standard InChI is InChI=1S/C26H22Br2FN3O3/c1-15(2)25-31-22-8-7-18(27)11-21(22)26(33)32(25)30-13-17-10-19(28)12-23(34-3)24(17)35-14-16-5-4-6-20(29)9-16/h4-13,15H,14H2,1-3H3. The summed E-state index contributed by atoms with van der Waals surface area (Å²) >= 11 is 6.89. The smallest absolute Gasteiger partial charge is 0.282 e. The van der Waals surface area contributed by atoms with E-state index >= 15 is 0 Å². The molecule has 1 heterocycles. The Labute approximate surface area is 218 Å². The van der Waals surface area contributed by atoms with E-state index in [0.717, 1.165) is 8.95 Å². The SMILES string of the molecule is COc1cc(Br)cc(C=Nn2c(C(C)C)nc3ccc(Br)cc3c2=O)c1OCc1cccc(F)c1. The van der Waals surface area contributed by atoms with E-state index in [1.165, 1.54) is 30.1 Å². The van der Waals surface area contributed by atoms with Gasteiger partial charge in [-0.1, -0.05) is 57.8 Å². The molecule has 35 heavy (non-hydrogen) atoms. The minimum Gasteiger partial charge on any atom is -0.493 e. The number of benzene rings is 3. The van der Waals surface area contributed by atoms with Crippen LogP contribution in [0.4, 0.5) is 4.39 Å². The maximum absolute atomic E-state index is 13.6. The zero-order valence-corrected chi connectivity index (χ0v) is 22.4. The zero-order valence-electron chi connectivity index (χ0n) is 19.3. The summed E-state index contributed by atoms with van der Waals surface area (Å²) < 4.78 is 28.0. The summed E-state index contributed by atoms with van der Waals surface area (Å²) in [5.74, 6) is 1.03. The van der Waals surface area contributed by atoms with Gasteiger partial charge in [-0.15, -0.1) is 0 Å². The Balaban J connectivity index is 1.79. The van der Waals surface area contributed by atoms with Crippen LogP contribution in [0.1, 0.15) is 36.7 Å². The van der Waals surface area contributed by atoms with Gasteiger partial charge in [0.15, 0.2) is 11.5 Å². The molecule has 0 unspecified atom stereocenters. The van der Waals surface area contributed by atoms with Crippen molar-refractivity contribution in [3.8, 4) is 11.5 Å². The average Bonchev–Trinajstić information content (AvgIpc) is 2.82. The fourth-order valence-corrected chi connectivity index (χ4v) is 4.36. The van der Waals surface area contributed by atoms with E-state index in [-0.39, 0.29) is 23.9 Å². The molecule has 180 valence electrons. The molecule has 0 aliphatic carbocycles. The van der Waals surface area contributed by atoms with Crippen molar-refractivity contribution in [2.24, 2.45) is 5.10 Å². The van der Waals surface area contributed by atoms with Gasteiger partial charge in [0.05, 0.1) is 24.2 Å². The number of aromatic nitrogens is 2. The molecule has 1 aromatic heterocycles. The monoisotopic (exact) mass is 601 g/mol. The van der Waals surface area contributed by atoms with E-state index in [0.29, 0.717) is 39.4 Å². The van der Waals surface area contributed by atoms with Crippen LogP contribution in [0, 0.1) is 5.82 Å². The topological polar surface area (TPSA) is 65.7 Å². The van der Waals surface area contributed by atoms with Crippen LogP contribution in [-0.2, 0) is 6.61 Å². The number of fused-ring (bicyclic) bond motifs is 1. The van der Waals surface area contributed by atoms with Crippen LogP contribution in [0.25, 0.3) is 10.9 Å². The lowest BCUT2D eigenvalue weighted by Crippen LogP contribution is -2.23. The van der Waals surface area contributed by atoms with Crippen molar-refractivity contribution in [2.75, 3.05) is 7.11 Å². The number of methoxy groups -OCH3 is 1. The lowest BCUT2D eigenvalue weighted by Gasteiger charge is -2.15. The van der Waals surface area contributed by atoms with Crippen molar-refractivity contribution in [3.63, 3.8) is 0 Å². The van der Waals surface area contributed by atoms with Gasteiger partial charge in [0, 0.05) is 20.4 Å². The number of hydrogen-bond donors (Lipinski definition) is 0. The highest BCUT2D eigenvalue weighted by molar-refractivity contribution is 9.10. The predicted octanol–water partition coefficient (Wildman–Crippen LogP) is 6.65. The van der Waals surface area contributed by atoms with Gasteiger partial charge in [-0.05, 0) is 48.0 Å². The summed E-state index contributed by atoms with van der Waals surface area (Å²) in [4.78, 5) is 18.0. The normalized spacial score (nSPS) is 11.5. The van der Waals surface area contributed by atoms with Gasteiger partial charge in [-0.25, -0.2) is 9.37 Å². The van der Waals surface area contributed by atoms with Crippen molar-refractivity contribution in [1.82, 2.24) is 9.66 Å². The van der Waals surface area contributed by atoms with Crippen LogP contribution in [0.15, 0.2) is 73.4 Å². The van der Waals surface area contributed by atoms with Gasteiger partial charge in [0.25, 0.3) is 5.56 Å². The highest BCUT2D eigenvalue weighted by atomic mass is 79.9. The molecule has 0 saturated heterocycles. The lowest BCUT2D eigenvalue weighted by molar-refractivity contribution is 0.283. The minimum atomic E-state index is -0.341. The molecule has 3 aromatic carbocycles. The fourth-order valence-electron chi connectivity index (χ4n) is 3.54. The molecular weight excluding hydrogens is 581 g/mol. The number of hydrogen-bond acceptors (Lipinski definition) is 5. The maximum atomic E-state index is 13.6. The quantitative estimate of drug-likeness (QED) is 0.222. The highest BCUT2D eigenvalue weighted by Gasteiger charge is 2.16. The zero-order chi connectivity index (χ0) is 25.1. The molecule has 0 spiro atoms. The average molecular weight is 603 g/mol. The Morgan fingerprint density at radius 2 is 1.91 bits per heavy atom. The first-order chi connectivity index (χ1) is 16.8. The number of ether oxygens (including phenoxy) is 2. The summed E-state index contributed by atoms with van der Waals surface area (Å²) in [7, 11) is 1.53. The highest BCUT2D eigenvalue weighted by Crippen LogP contribution is 2.35. The first-order valence-corrected chi connectivity index (χ1v) is 12.4. The molecule has 9 heteroatoms. The van der Waals surface area contributed by atoms with Crippen molar-refractivity contribution >= 4 is 49.0 Å². The summed E-state index contributed by atoms with van der Waals surface area (Å²) in [6.07, 6.45) is 1.53. The van der Waals surface area contributed by atoms with Crippen LogP contribution in [0.3, 0.4) is 0 Å². The van der Waals surface area contributed by atoms with Gasteiger partial charge in [-0.3, -0.25) is 4.79 Å². The second-order valence-corrected chi connectivity index (χ2v) is 9.92. The number of nitrogens with zero attached hydrogens (tertiary/aromatic N) is 3. The summed E-state index contributed by atoms with van der Waals surface area (Å²) in [5.41, 5.74) is 1.57. The van der Waals surface area contributed by atoms with Crippen molar-refractivity contribution < 1.29 is 13.9 Å². The second-order valence-electron chi connectivity index (χ2n) is 8.09. The predicted molar refractivity (Wildman–Crippen MR) is 142 cm³/mol. The van der Waals surface area contributed by atoms with E-state index in [2.05, 4.69) is 41.9 Å². The third-order valence-corrected chi connectivity index (χ3v) is 6.15. The minimum absolute atomic E-state index is 0.0476. The molecule has 0 radical (unpaired) electrons. The van der Waals surface area contributed by atoms with Crippen LogP contribution in [-0.4, -0.2) is 23.0 Å². The molecule has 0 fully saturated rings. The van der Waals surface area contributed by atoms with E-state index < -0.39 is 0 Å². The van der Waals surface area contributed by atoms with E-state index in [9.17, 15) is 9.18 Å². The second kappa shape index (κ2) is 10.7. The molecule has 4 aromatic rings. The van der Waals surface area contributed by atoms with Crippen LogP contribution < -0.4 is 15.0 Å². The summed E-state index contributed by atoms with van der Waals surface area (Å²) in [6, 6.07) is 15.1. The Morgan fingerprint density at radius 3 is 2.63 bits per heavy atom. The molecule has 0 aliphatic rings. The van der Waals surface area contributed by atoms with Crippen molar-refractivity contribution in [2.45, 2.75) is 26.4 Å². The molecule has 6 nitrogen and oxygen atoms in total. The lowest BCUT2D eigenvalue weighted by atomic mass is 10.2. The third kappa shape index (κ3) is 5.62. The molecule has 4 rings (SSSR count). The van der Waals surface area contributed by atoms with Gasteiger partial charge in [-0.2, -0.15) is 9.78 Å². The van der Waals surface area contributed by atoms with E-state index in [1.807, 2.05) is 19.9 Å². The van der Waals surface area contributed by atoms with E-state index in [1.54, 1.807) is 36.4 Å². The third-order valence-electron chi connectivity index (χ3n) is 5.20. The Morgan fingerprint density at radius 1 is 1.11 bits per heavy atom. The van der Waals surface area contributed by atoms with Crippen molar-refractivity contribution in [3.05, 3.63) is 96.7 Å². The van der Waals surface area contributed by atoms with Crippen molar-refractivity contribution in [1.29, 1.82) is 0 Å². The summed E-state index contributed by atoms with van der Waals surface area (Å²) in [6.45, 7) is 4.03. The van der Waals surface area contributed by atoms with Gasteiger partial charge in [0.2, 0.25) is 0 Å². The Hall–Kier alpha value is -3.04. The molecule has 0 atom stereocenters. The maximum Gasteiger partial charge on any atom is 0.282 e. The molecule has 0 amide bonds. The molecule has 0 aliphatic heterocycles. The Bertz CT molecular complexity index is 1490. The number of rotatable bonds is 7. The molecular formula is C26H22Br2FN3O3. The first-order valence-electron chi connectivity index (χ1n) is 10.8. The van der Waals surface area contributed by atoms with Gasteiger partial charge < -0.3 is 9.47 Å². The van der Waals surface area contributed by atoms with E-state index in [4.69, 9.17) is 9.47 Å². The van der Waals surface area contributed by atoms with Gasteiger partial charge in [0.1, 0.15) is 18.2 Å². The molecule has 0 N–H and O–H groups in total. The van der Waals surface area contributed by atoms with Crippen LogP contribution >= 0.6 is 31.9 Å². The number of halogens is 3. The Kier molecular flexibility index (Phi) is 7.66. The summed E-state index contributed by atoms with van der Waals surface area (Å²) in [5, 5.41) is 4.96. The molecule has 0 bridgehead atoms.